The Morgan fingerprint density at radius 1 is 1.14 bits per heavy atom. The van der Waals surface area contributed by atoms with Crippen LogP contribution in [0.15, 0.2) is 53.8 Å². The van der Waals surface area contributed by atoms with Crippen LogP contribution in [0.5, 0.6) is 0 Å². The Kier molecular flexibility index (Phi) is 5.61. The van der Waals surface area contributed by atoms with E-state index in [4.69, 9.17) is 11.6 Å². The molecule has 6 nitrogen and oxygen atoms in total. The molecule has 2 N–H and O–H groups in total. The lowest BCUT2D eigenvalue weighted by atomic mass is 10.1. The van der Waals surface area contributed by atoms with Crippen LogP contribution >= 0.6 is 11.6 Å². The van der Waals surface area contributed by atoms with Gasteiger partial charge in [-0.3, -0.25) is 0 Å². The van der Waals surface area contributed by atoms with E-state index < -0.39 is 26.8 Å². The minimum absolute atomic E-state index is 0.0247. The summed E-state index contributed by atoms with van der Waals surface area (Å²) in [6, 6.07) is 7.61. The number of aryl methyl sites for hydroxylation is 1. The first-order valence-electron chi connectivity index (χ1n) is 8.21. The third-order valence-corrected chi connectivity index (χ3v) is 5.83. The number of halogens is 4. The van der Waals surface area contributed by atoms with Gasteiger partial charge in [-0.2, -0.15) is 13.2 Å². The second-order valence-electron chi connectivity index (χ2n) is 6.16. The molecule has 29 heavy (non-hydrogen) atoms. The van der Waals surface area contributed by atoms with Crippen molar-refractivity contribution in [3.8, 4) is 11.3 Å². The molecule has 0 bridgehead atoms. The SMILES string of the molecule is CNS(=O)(=O)c1ccc(Nc2ccc(C(F)(F)F)c(Cl)c2)c(-c2cn(C)cn2)c1. The number of nitrogens with one attached hydrogen (secondary N) is 2. The van der Waals surface area contributed by atoms with Crippen LogP contribution in [-0.2, 0) is 23.2 Å². The lowest BCUT2D eigenvalue weighted by Crippen LogP contribution is -2.18. The average Bonchev–Trinajstić information content (AvgIpc) is 3.07. The summed E-state index contributed by atoms with van der Waals surface area (Å²) in [5.41, 5.74) is 0.767. The smallest absolute Gasteiger partial charge is 0.355 e. The molecule has 0 atom stereocenters. The Hall–Kier alpha value is -2.56. The molecule has 3 rings (SSSR count). The molecule has 0 aliphatic carbocycles. The molecule has 0 unspecified atom stereocenters. The van der Waals surface area contributed by atoms with E-state index in [1.54, 1.807) is 24.1 Å². The van der Waals surface area contributed by atoms with Crippen molar-refractivity contribution in [1.82, 2.24) is 14.3 Å². The molecule has 2 aromatic carbocycles. The Labute approximate surface area is 170 Å². The van der Waals surface area contributed by atoms with Gasteiger partial charge in [-0.15, -0.1) is 0 Å². The van der Waals surface area contributed by atoms with Gasteiger partial charge in [-0.05, 0) is 43.4 Å². The van der Waals surface area contributed by atoms with E-state index in [0.717, 1.165) is 12.1 Å². The number of benzene rings is 2. The summed E-state index contributed by atoms with van der Waals surface area (Å²) in [6.07, 6.45) is -1.32. The lowest BCUT2D eigenvalue weighted by Gasteiger charge is -2.15. The fourth-order valence-electron chi connectivity index (χ4n) is 2.66. The first-order valence-corrected chi connectivity index (χ1v) is 10.1. The Morgan fingerprint density at radius 3 is 2.41 bits per heavy atom. The van der Waals surface area contributed by atoms with E-state index in [0.29, 0.717) is 22.6 Å². The molecule has 0 spiro atoms. The minimum Gasteiger partial charge on any atom is -0.355 e. The summed E-state index contributed by atoms with van der Waals surface area (Å²) >= 11 is 5.78. The monoisotopic (exact) mass is 444 g/mol. The Morgan fingerprint density at radius 2 is 1.86 bits per heavy atom. The molecule has 0 radical (unpaired) electrons. The first kappa shape index (κ1) is 21.2. The van der Waals surface area contributed by atoms with E-state index >= 15 is 0 Å². The Bertz CT molecular complexity index is 1160. The van der Waals surface area contributed by atoms with Crippen LogP contribution in [0.3, 0.4) is 0 Å². The number of sulfonamides is 1. The minimum atomic E-state index is -4.56. The highest BCUT2D eigenvalue weighted by Crippen LogP contribution is 2.37. The number of aromatic nitrogens is 2. The molecule has 0 aliphatic heterocycles. The summed E-state index contributed by atoms with van der Waals surface area (Å²) in [5, 5.41) is 2.53. The lowest BCUT2D eigenvalue weighted by molar-refractivity contribution is -0.137. The number of rotatable bonds is 5. The van der Waals surface area contributed by atoms with Gasteiger partial charge in [-0.25, -0.2) is 18.1 Å². The maximum atomic E-state index is 12.9. The maximum absolute atomic E-state index is 12.9. The van der Waals surface area contributed by atoms with Gasteiger partial charge < -0.3 is 9.88 Å². The summed E-state index contributed by atoms with van der Waals surface area (Å²) in [4.78, 5) is 4.26. The number of alkyl halides is 3. The van der Waals surface area contributed by atoms with Crippen molar-refractivity contribution in [3.05, 3.63) is 59.5 Å². The van der Waals surface area contributed by atoms with E-state index in [1.165, 1.54) is 31.3 Å². The molecular formula is C18H16ClF3N4O2S. The van der Waals surface area contributed by atoms with E-state index in [2.05, 4.69) is 15.0 Å². The molecule has 11 heteroatoms. The van der Waals surface area contributed by atoms with Gasteiger partial charge in [0.15, 0.2) is 0 Å². The first-order chi connectivity index (χ1) is 13.5. The highest BCUT2D eigenvalue weighted by Gasteiger charge is 2.33. The van der Waals surface area contributed by atoms with Crippen LogP contribution in [0, 0.1) is 0 Å². The fourth-order valence-corrected chi connectivity index (χ4v) is 3.70. The summed E-state index contributed by atoms with van der Waals surface area (Å²) in [7, 11) is -0.644. The van der Waals surface area contributed by atoms with Crippen molar-refractivity contribution in [1.29, 1.82) is 0 Å². The highest BCUT2D eigenvalue weighted by molar-refractivity contribution is 7.89. The zero-order chi connectivity index (χ0) is 21.4. The Balaban J connectivity index is 2.06. The molecule has 0 saturated carbocycles. The maximum Gasteiger partial charge on any atom is 0.417 e. The predicted molar refractivity (Wildman–Crippen MR) is 105 cm³/mol. The van der Waals surface area contributed by atoms with Gasteiger partial charge in [0.2, 0.25) is 10.0 Å². The highest BCUT2D eigenvalue weighted by atomic mass is 35.5. The topological polar surface area (TPSA) is 76.0 Å². The summed E-state index contributed by atoms with van der Waals surface area (Å²) < 4.78 is 67.0. The van der Waals surface area contributed by atoms with Crippen LogP contribution in [0.25, 0.3) is 11.3 Å². The molecular weight excluding hydrogens is 429 g/mol. The second kappa shape index (κ2) is 7.69. The quantitative estimate of drug-likeness (QED) is 0.611. The number of nitrogens with zero attached hydrogens (tertiary/aromatic N) is 2. The molecule has 1 aromatic heterocycles. The number of anilines is 2. The van der Waals surface area contributed by atoms with Crippen LogP contribution < -0.4 is 10.0 Å². The van der Waals surface area contributed by atoms with Gasteiger partial charge in [0.25, 0.3) is 0 Å². The van der Waals surface area contributed by atoms with Gasteiger partial charge in [0.05, 0.1) is 27.5 Å². The standard InChI is InChI=1S/C18H16ClF3N4O2S/c1-23-29(27,28)12-4-6-16(13(8-12)17-9-26(2)10-24-17)25-11-3-5-14(15(19)7-11)18(20,21)22/h3-10,23,25H,1-2H3. The number of hydrogen-bond acceptors (Lipinski definition) is 4. The largest absolute Gasteiger partial charge is 0.417 e. The third kappa shape index (κ3) is 4.55. The third-order valence-electron chi connectivity index (χ3n) is 4.10. The zero-order valence-corrected chi connectivity index (χ0v) is 16.8. The second-order valence-corrected chi connectivity index (χ2v) is 8.45. The molecule has 1 heterocycles. The fraction of sp³-hybridized carbons (Fsp3) is 0.167. The van der Waals surface area contributed by atoms with Crippen LogP contribution in [0.2, 0.25) is 5.02 Å². The van der Waals surface area contributed by atoms with Gasteiger partial charge in [0, 0.05) is 30.2 Å². The van der Waals surface area contributed by atoms with E-state index in [-0.39, 0.29) is 4.90 Å². The van der Waals surface area contributed by atoms with E-state index in [9.17, 15) is 21.6 Å². The summed E-state index contributed by atoms with van der Waals surface area (Å²) in [6.45, 7) is 0. The van der Waals surface area contributed by atoms with Crippen molar-refractivity contribution in [2.24, 2.45) is 7.05 Å². The number of imidazole rings is 1. The van der Waals surface area contributed by atoms with Crippen LogP contribution in [0.4, 0.5) is 24.5 Å². The van der Waals surface area contributed by atoms with Gasteiger partial charge in [0.1, 0.15) is 0 Å². The molecule has 3 aromatic rings. The molecule has 0 fully saturated rings. The van der Waals surface area contributed by atoms with Crippen molar-refractivity contribution in [2.45, 2.75) is 11.1 Å². The van der Waals surface area contributed by atoms with Crippen molar-refractivity contribution < 1.29 is 21.6 Å². The van der Waals surface area contributed by atoms with Gasteiger partial charge >= 0.3 is 6.18 Å². The predicted octanol–water partition coefficient (Wildman–Crippen LogP) is 4.41. The normalized spacial score (nSPS) is 12.2. The molecule has 0 saturated heterocycles. The number of hydrogen-bond donors (Lipinski definition) is 2. The van der Waals surface area contributed by atoms with Crippen molar-refractivity contribution in [2.75, 3.05) is 12.4 Å². The average molecular weight is 445 g/mol. The van der Waals surface area contributed by atoms with Crippen molar-refractivity contribution >= 4 is 33.0 Å². The van der Waals surface area contributed by atoms with E-state index in [1.807, 2.05) is 0 Å². The molecule has 154 valence electrons. The molecule has 0 amide bonds. The van der Waals surface area contributed by atoms with Gasteiger partial charge in [-0.1, -0.05) is 11.6 Å². The van der Waals surface area contributed by atoms with Crippen molar-refractivity contribution in [3.63, 3.8) is 0 Å². The molecule has 0 aliphatic rings. The van der Waals surface area contributed by atoms with Crippen LogP contribution in [-0.4, -0.2) is 25.0 Å². The summed E-state index contributed by atoms with van der Waals surface area (Å²) in [5.74, 6) is 0. The van der Waals surface area contributed by atoms with Crippen LogP contribution in [0.1, 0.15) is 5.56 Å². The zero-order valence-electron chi connectivity index (χ0n) is 15.2.